The van der Waals surface area contributed by atoms with E-state index in [2.05, 4.69) is 0 Å². The molecule has 1 aromatic rings. The highest BCUT2D eigenvalue weighted by Crippen LogP contribution is 2.16. The molecule has 0 saturated carbocycles. The molecule has 0 aromatic heterocycles. The Bertz CT molecular complexity index is 686. The van der Waals surface area contributed by atoms with E-state index in [0.29, 0.717) is 18.8 Å². The molecule has 0 spiro atoms. The second kappa shape index (κ2) is 7.35. The molecule has 2 rings (SSSR count). The van der Waals surface area contributed by atoms with Crippen molar-refractivity contribution in [2.45, 2.75) is 17.7 Å². The molecule has 0 radical (unpaired) electrons. The van der Waals surface area contributed by atoms with Crippen LogP contribution in [-0.2, 0) is 25.8 Å². The van der Waals surface area contributed by atoms with Crippen molar-refractivity contribution in [3.8, 4) is 0 Å². The molecular formula is C15H20N2O4S2. The highest BCUT2D eigenvalue weighted by Gasteiger charge is 2.30. The molecule has 0 N–H and O–H groups in total. The van der Waals surface area contributed by atoms with E-state index in [9.17, 15) is 18.0 Å². The lowest BCUT2D eigenvalue weighted by molar-refractivity contribution is -0.155. The van der Waals surface area contributed by atoms with E-state index >= 15 is 0 Å². The van der Waals surface area contributed by atoms with Gasteiger partial charge in [-0.1, -0.05) is 12.1 Å². The maximum Gasteiger partial charge on any atom is 0.251 e. The summed E-state index contributed by atoms with van der Waals surface area (Å²) in [6.45, 7) is 1.11. The van der Waals surface area contributed by atoms with Crippen LogP contribution in [0, 0.1) is 0 Å². The molecule has 1 heterocycles. The van der Waals surface area contributed by atoms with Crippen LogP contribution in [0.1, 0.15) is 12.0 Å². The van der Waals surface area contributed by atoms with E-state index in [1.165, 1.54) is 33.9 Å². The zero-order chi connectivity index (χ0) is 17.0. The number of carbonyl (C=O) groups is 2. The van der Waals surface area contributed by atoms with Crippen molar-refractivity contribution in [2.24, 2.45) is 0 Å². The van der Waals surface area contributed by atoms with Gasteiger partial charge < -0.3 is 0 Å². The third kappa shape index (κ3) is 4.48. The van der Waals surface area contributed by atoms with Gasteiger partial charge >= 0.3 is 0 Å². The molecule has 126 valence electrons. The predicted octanol–water partition coefficient (Wildman–Crippen LogP) is 0.971. The molecule has 1 aromatic carbocycles. The molecule has 6 nitrogen and oxygen atoms in total. The summed E-state index contributed by atoms with van der Waals surface area (Å²) < 4.78 is 22.9. The van der Waals surface area contributed by atoms with Gasteiger partial charge in [-0.25, -0.2) is 8.42 Å². The number of hydrazine groups is 1. The van der Waals surface area contributed by atoms with Crippen LogP contribution in [0.4, 0.5) is 0 Å². The number of benzene rings is 1. The molecule has 0 bridgehead atoms. The van der Waals surface area contributed by atoms with E-state index < -0.39 is 9.84 Å². The molecule has 2 amide bonds. The van der Waals surface area contributed by atoms with Crippen molar-refractivity contribution in [3.63, 3.8) is 0 Å². The zero-order valence-electron chi connectivity index (χ0n) is 13.2. The molecule has 0 atom stereocenters. The summed E-state index contributed by atoms with van der Waals surface area (Å²) in [6, 6.07) is 6.27. The van der Waals surface area contributed by atoms with Crippen LogP contribution in [0.2, 0.25) is 0 Å². The lowest BCUT2D eigenvalue weighted by Gasteiger charge is -2.27. The molecule has 8 heteroatoms. The summed E-state index contributed by atoms with van der Waals surface area (Å²) in [5.74, 6) is 0.146. The largest absolute Gasteiger partial charge is 0.273 e. The van der Waals surface area contributed by atoms with E-state index in [4.69, 9.17) is 0 Å². The number of hydrogen-bond donors (Lipinski definition) is 0. The first-order valence-electron chi connectivity index (χ1n) is 7.21. The number of amides is 2. The van der Waals surface area contributed by atoms with Crippen molar-refractivity contribution in [1.82, 2.24) is 10.0 Å². The molecule has 0 aliphatic carbocycles. The average Bonchev–Trinajstić information content (AvgIpc) is 2.96. The Morgan fingerprint density at radius 1 is 1.09 bits per heavy atom. The lowest BCUT2D eigenvalue weighted by atomic mass is 10.1. The number of rotatable bonds is 5. The van der Waals surface area contributed by atoms with E-state index in [0.717, 1.165) is 18.2 Å². The first-order valence-corrected chi connectivity index (χ1v) is 10.5. The fraction of sp³-hybridized carbons (Fsp3) is 0.467. The Morgan fingerprint density at radius 3 is 2.17 bits per heavy atom. The van der Waals surface area contributed by atoms with E-state index in [1.807, 2.05) is 6.26 Å². The second-order valence-electron chi connectivity index (χ2n) is 5.41. The highest BCUT2D eigenvalue weighted by molar-refractivity contribution is 7.99. The number of nitrogens with zero attached hydrogens (tertiary/aromatic N) is 2. The Labute approximate surface area is 140 Å². The molecule has 1 saturated heterocycles. The van der Waals surface area contributed by atoms with Crippen molar-refractivity contribution < 1.29 is 18.0 Å². The van der Waals surface area contributed by atoms with Crippen LogP contribution in [0.5, 0.6) is 0 Å². The monoisotopic (exact) mass is 356 g/mol. The van der Waals surface area contributed by atoms with Crippen LogP contribution < -0.4 is 0 Å². The quantitative estimate of drug-likeness (QED) is 0.786. The Balaban J connectivity index is 2.05. The topological polar surface area (TPSA) is 74.8 Å². The van der Waals surface area contributed by atoms with Gasteiger partial charge in [-0.3, -0.25) is 19.6 Å². The standard InChI is InChI=1S/C15H20N2O4S2/c1-22-11-15(19)17-9-3-8-16(17)14(18)10-12-4-6-13(7-5-12)23(2,20)21/h4-7H,3,8-11H2,1-2H3. The molecule has 1 fully saturated rings. The second-order valence-corrected chi connectivity index (χ2v) is 8.29. The molecular weight excluding hydrogens is 336 g/mol. The fourth-order valence-electron chi connectivity index (χ4n) is 2.45. The van der Waals surface area contributed by atoms with Gasteiger partial charge in [-0.2, -0.15) is 11.8 Å². The summed E-state index contributed by atoms with van der Waals surface area (Å²) in [5.41, 5.74) is 0.728. The van der Waals surface area contributed by atoms with Gasteiger partial charge in [0.1, 0.15) is 0 Å². The van der Waals surface area contributed by atoms with Gasteiger partial charge in [-0.05, 0) is 30.4 Å². The van der Waals surface area contributed by atoms with Crippen molar-refractivity contribution in [1.29, 1.82) is 0 Å². The van der Waals surface area contributed by atoms with Crippen LogP contribution in [0.25, 0.3) is 0 Å². The smallest absolute Gasteiger partial charge is 0.251 e. The first kappa shape index (κ1) is 17.8. The van der Waals surface area contributed by atoms with E-state index in [1.54, 1.807) is 12.1 Å². The molecule has 1 aliphatic heterocycles. The van der Waals surface area contributed by atoms with Gasteiger partial charge in [0.25, 0.3) is 5.91 Å². The SMILES string of the molecule is CSCC(=O)N1CCCN1C(=O)Cc1ccc(S(C)(=O)=O)cc1. The number of sulfone groups is 1. The van der Waals surface area contributed by atoms with E-state index in [-0.39, 0.29) is 23.1 Å². The number of carbonyl (C=O) groups excluding carboxylic acids is 2. The van der Waals surface area contributed by atoms with Gasteiger partial charge in [-0.15, -0.1) is 0 Å². The summed E-state index contributed by atoms with van der Waals surface area (Å²) >= 11 is 1.43. The first-order chi connectivity index (χ1) is 10.8. The third-order valence-corrected chi connectivity index (χ3v) is 5.25. The average molecular weight is 356 g/mol. The van der Waals surface area contributed by atoms with Crippen LogP contribution >= 0.6 is 11.8 Å². The maximum absolute atomic E-state index is 12.4. The summed E-state index contributed by atoms with van der Waals surface area (Å²) in [4.78, 5) is 24.7. The van der Waals surface area contributed by atoms with Crippen LogP contribution in [-0.4, -0.2) is 61.6 Å². The predicted molar refractivity (Wildman–Crippen MR) is 89.7 cm³/mol. The minimum absolute atomic E-state index is 0.0595. The number of hydrogen-bond acceptors (Lipinski definition) is 5. The zero-order valence-corrected chi connectivity index (χ0v) is 14.8. The highest BCUT2D eigenvalue weighted by atomic mass is 32.2. The van der Waals surface area contributed by atoms with Crippen molar-refractivity contribution >= 4 is 33.4 Å². The van der Waals surface area contributed by atoms with Gasteiger partial charge in [0, 0.05) is 19.3 Å². The van der Waals surface area contributed by atoms with Crippen LogP contribution in [0.3, 0.4) is 0 Å². The van der Waals surface area contributed by atoms with Crippen molar-refractivity contribution in [3.05, 3.63) is 29.8 Å². The Hall–Kier alpha value is -1.54. The normalized spacial score (nSPS) is 15.0. The van der Waals surface area contributed by atoms with Gasteiger partial charge in [0.15, 0.2) is 9.84 Å². The molecule has 0 unspecified atom stereocenters. The molecule has 23 heavy (non-hydrogen) atoms. The minimum atomic E-state index is -3.24. The lowest BCUT2D eigenvalue weighted by Crippen LogP contribution is -2.46. The summed E-state index contributed by atoms with van der Waals surface area (Å²) in [6.07, 6.45) is 3.92. The summed E-state index contributed by atoms with van der Waals surface area (Å²) in [7, 11) is -3.24. The number of thioether (sulfide) groups is 1. The summed E-state index contributed by atoms with van der Waals surface area (Å²) in [5, 5.41) is 3.02. The maximum atomic E-state index is 12.4. The molecule has 1 aliphatic rings. The Kier molecular flexibility index (Phi) is 5.69. The van der Waals surface area contributed by atoms with Crippen LogP contribution in [0.15, 0.2) is 29.2 Å². The van der Waals surface area contributed by atoms with Gasteiger partial charge in [0.2, 0.25) is 5.91 Å². The van der Waals surface area contributed by atoms with Crippen molar-refractivity contribution in [2.75, 3.05) is 31.4 Å². The third-order valence-electron chi connectivity index (χ3n) is 3.58. The fourth-order valence-corrected chi connectivity index (χ4v) is 3.48. The van der Waals surface area contributed by atoms with Gasteiger partial charge in [0.05, 0.1) is 17.1 Å². The Morgan fingerprint density at radius 2 is 1.65 bits per heavy atom. The minimum Gasteiger partial charge on any atom is -0.273 e.